The molecule has 0 aromatic carbocycles. The van der Waals surface area contributed by atoms with Crippen molar-refractivity contribution in [3.05, 3.63) is 0 Å². The molecular formula is C16H30N2O4. The fourth-order valence-corrected chi connectivity index (χ4v) is 2.32. The number of esters is 1. The van der Waals surface area contributed by atoms with Crippen LogP contribution in [0.4, 0.5) is 0 Å². The lowest BCUT2D eigenvalue weighted by Crippen LogP contribution is -2.35. The Kier molecular flexibility index (Phi) is 7.82. The van der Waals surface area contributed by atoms with Gasteiger partial charge in [-0.25, -0.2) is 0 Å². The van der Waals surface area contributed by atoms with E-state index >= 15 is 0 Å². The molecule has 0 aromatic heterocycles. The van der Waals surface area contributed by atoms with Crippen LogP contribution in [0.1, 0.15) is 33.6 Å². The van der Waals surface area contributed by atoms with Crippen molar-refractivity contribution in [3.63, 3.8) is 0 Å². The number of rotatable bonds is 9. The third-order valence-electron chi connectivity index (χ3n) is 4.38. The first-order chi connectivity index (χ1) is 10.4. The Labute approximate surface area is 133 Å². The lowest BCUT2D eigenvalue weighted by atomic mass is 9.81. The predicted octanol–water partition coefficient (Wildman–Crippen LogP) is 1.93. The third kappa shape index (κ3) is 5.25. The molecule has 0 amide bonds. The van der Waals surface area contributed by atoms with Gasteiger partial charge in [-0.15, -0.1) is 0 Å². The maximum Gasteiger partial charge on any atom is 0.311 e. The van der Waals surface area contributed by atoms with Crippen LogP contribution >= 0.6 is 0 Å². The summed E-state index contributed by atoms with van der Waals surface area (Å²) in [4.78, 5) is 11.8. The van der Waals surface area contributed by atoms with Crippen LogP contribution in [0.25, 0.3) is 0 Å². The minimum absolute atomic E-state index is 0.00407. The predicted molar refractivity (Wildman–Crippen MR) is 85.9 cm³/mol. The third-order valence-corrected chi connectivity index (χ3v) is 4.38. The maximum atomic E-state index is 11.8. The van der Waals surface area contributed by atoms with E-state index in [4.69, 9.17) is 14.2 Å². The van der Waals surface area contributed by atoms with Crippen molar-refractivity contribution in [2.75, 3.05) is 40.6 Å². The molecule has 0 aliphatic carbocycles. The summed E-state index contributed by atoms with van der Waals surface area (Å²) in [5, 5.41) is 6.64. The summed E-state index contributed by atoms with van der Waals surface area (Å²) < 4.78 is 15.4. The number of methoxy groups -OCH3 is 2. The molecule has 6 nitrogen and oxygen atoms in total. The van der Waals surface area contributed by atoms with Crippen LogP contribution in [-0.4, -0.2) is 63.8 Å². The molecule has 6 heteroatoms. The van der Waals surface area contributed by atoms with E-state index in [1.165, 1.54) is 7.11 Å². The van der Waals surface area contributed by atoms with Crippen molar-refractivity contribution in [2.24, 2.45) is 16.4 Å². The summed E-state index contributed by atoms with van der Waals surface area (Å²) in [6, 6.07) is 0.307. The van der Waals surface area contributed by atoms with Crippen LogP contribution in [0.15, 0.2) is 5.10 Å². The number of hydrazone groups is 1. The second-order valence-electron chi connectivity index (χ2n) is 6.29. The Morgan fingerprint density at radius 2 is 2.14 bits per heavy atom. The van der Waals surface area contributed by atoms with Crippen LogP contribution in [0.5, 0.6) is 0 Å². The highest BCUT2D eigenvalue weighted by Gasteiger charge is 2.34. The van der Waals surface area contributed by atoms with Gasteiger partial charge in [0.15, 0.2) is 0 Å². The SMILES string of the molecule is COCCOC[C@@H]1CCCN1/N=C/C(C)C(C)(C)C(=O)OC. The Morgan fingerprint density at radius 3 is 2.77 bits per heavy atom. The monoisotopic (exact) mass is 314 g/mol. The number of nitrogens with zero attached hydrogens (tertiary/aromatic N) is 2. The molecule has 0 radical (unpaired) electrons. The molecule has 1 fully saturated rings. The lowest BCUT2D eigenvalue weighted by molar-refractivity contribution is -0.152. The molecule has 0 spiro atoms. The van der Waals surface area contributed by atoms with E-state index in [0.717, 1.165) is 19.4 Å². The highest BCUT2D eigenvalue weighted by Crippen LogP contribution is 2.27. The molecule has 0 saturated carbocycles. The van der Waals surface area contributed by atoms with Crippen LogP contribution in [0.2, 0.25) is 0 Å². The Bertz CT molecular complexity index is 371. The molecular weight excluding hydrogens is 284 g/mol. The molecule has 0 aromatic rings. The highest BCUT2D eigenvalue weighted by atomic mass is 16.5. The van der Waals surface area contributed by atoms with Gasteiger partial charge in [0.25, 0.3) is 0 Å². The van der Waals surface area contributed by atoms with Crippen molar-refractivity contribution in [3.8, 4) is 0 Å². The van der Waals surface area contributed by atoms with Gasteiger partial charge in [-0.3, -0.25) is 9.80 Å². The van der Waals surface area contributed by atoms with E-state index < -0.39 is 5.41 Å². The van der Waals surface area contributed by atoms with Gasteiger partial charge < -0.3 is 14.2 Å². The fourth-order valence-electron chi connectivity index (χ4n) is 2.32. The summed E-state index contributed by atoms with van der Waals surface area (Å²) in [6.07, 6.45) is 4.05. The van der Waals surface area contributed by atoms with E-state index in [1.54, 1.807) is 7.11 Å². The van der Waals surface area contributed by atoms with Crippen molar-refractivity contribution in [2.45, 2.75) is 39.7 Å². The van der Waals surface area contributed by atoms with Gasteiger partial charge in [0.2, 0.25) is 0 Å². The van der Waals surface area contributed by atoms with Gasteiger partial charge in [0.05, 0.1) is 38.4 Å². The zero-order valence-corrected chi connectivity index (χ0v) is 14.5. The van der Waals surface area contributed by atoms with Gasteiger partial charge in [-0.1, -0.05) is 6.92 Å². The second kappa shape index (κ2) is 9.10. The second-order valence-corrected chi connectivity index (χ2v) is 6.29. The Morgan fingerprint density at radius 1 is 1.41 bits per heavy atom. The van der Waals surface area contributed by atoms with Crippen LogP contribution in [0, 0.1) is 11.3 Å². The molecule has 1 aliphatic rings. The molecule has 1 aliphatic heterocycles. The molecule has 1 unspecified atom stereocenters. The number of carbonyl (C=O) groups is 1. The quantitative estimate of drug-likeness (QED) is 0.370. The van der Waals surface area contributed by atoms with Crippen molar-refractivity contribution >= 4 is 12.2 Å². The first-order valence-electron chi connectivity index (χ1n) is 7.89. The lowest BCUT2D eigenvalue weighted by Gasteiger charge is -2.27. The molecule has 2 atom stereocenters. The van der Waals surface area contributed by atoms with Crippen LogP contribution < -0.4 is 0 Å². The standard InChI is InChI=1S/C16H30N2O4/c1-13(16(2,3)15(19)21-5)11-17-18-8-6-7-14(18)12-22-10-9-20-4/h11,13-14H,6-10,12H2,1-5H3/b17-11+/t13?,14-/m0/s1. The smallest absolute Gasteiger partial charge is 0.311 e. The van der Waals surface area contributed by atoms with E-state index in [-0.39, 0.29) is 11.9 Å². The van der Waals surface area contributed by atoms with E-state index in [0.29, 0.717) is 25.9 Å². The van der Waals surface area contributed by atoms with Gasteiger partial charge in [-0.2, -0.15) is 5.10 Å². The summed E-state index contributed by atoms with van der Waals surface area (Å²) in [6.45, 7) is 8.56. The van der Waals surface area contributed by atoms with Crippen LogP contribution in [0.3, 0.4) is 0 Å². The van der Waals surface area contributed by atoms with E-state index in [2.05, 4.69) is 10.1 Å². The van der Waals surface area contributed by atoms with Crippen molar-refractivity contribution in [1.82, 2.24) is 5.01 Å². The first kappa shape index (κ1) is 18.9. The molecule has 1 saturated heterocycles. The topological polar surface area (TPSA) is 60.4 Å². The minimum Gasteiger partial charge on any atom is -0.469 e. The van der Waals surface area contributed by atoms with Crippen LogP contribution in [-0.2, 0) is 19.0 Å². The van der Waals surface area contributed by atoms with Crippen molar-refractivity contribution in [1.29, 1.82) is 0 Å². The number of hydrogen-bond acceptors (Lipinski definition) is 6. The average molecular weight is 314 g/mol. The highest BCUT2D eigenvalue weighted by molar-refractivity contribution is 5.80. The zero-order valence-electron chi connectivity index (χ0n) is 14.5. The molecule has 0 N–H and O–H groups in total. The number of ether oxygens (including phenoxy) is 3. The fraction of sp³-hybridized carbons (Fsp3) is 0.875. The molecule has 22 heavy (non-hydrogen) atoms. The Hall–Kier alpha value is -1.14. The summed E-state index contributed by atoms with van der Waals surface area (Å²) in [5.41, 5.74) is -0.581. The van der Waals surface area contributed by atoms with Gasteiger partial charge in [-0.05, 0) is 26.7 Å². The van der Waals surface area contributed by atoms with Gasteiger partial charge in [0, 0.05) is 25.8 Å². The maximum absolute atomic E-state index is 11.8. The molecule has 128 valence electrons. The molecule has 0 bridgehead atoms. The van der Waals surface area contributed by atoms with Gasteiger partial charge >= 0.3 is 5.97 Å². The van der Waals surface area contributed by atoms with E-state index in [9.17, 15) is 4.79 Å². The molecule has 1 rings (SSSR count). The Balaban J connectivity index is 2.51. The van der Waals surface area contributed by atoms with E-state index in [1.807, 2.05) is 27.0 Å². The number of hydrogen-bond donors (Lipinski definition) is 0. The minimum atomic E-state index is -0.581. The summed E-state index contributed by atoms with van der Waals surface area (Å²) >= 11 is 0. The summed E-state index contributed by atoms with van der Waals surface area (Å²) in [7, 11) is 3.09. The molecule has 1 heterocycles. The summed E-state index contributed by atoms with van der Waals surface area (Å²) in [5.74, 6) is -0.220. The number of carbonyl (C=O) groups excluding carboxylic acids is 1. The van der Waals surface area contributed by atoms with Crippen molar-refractivity contribution < 1.29 is 19.0 Å². The van der Waals surface area contributed by atoms with Gasteiger partial charge in [0.1, 0.15) is 0 Å². The largest absolute Gasteiger partial charge is 0.469 e. The first-order valence-corrected chi connectivity index (χ1v) is 7.89. The normalized spacial score (nSPS) is 20.6. The average Bonchev–Trinajstić information content (AvgIpc) is 2.95. The zero-order chi connectivity index (χ0) is 16.6.